The van der Waals surface area contributed by atoms with Crippen LogP contribution in [0.5, 0.6) is 0 Å². The molecule has 0 saturated carbocycles. The van der Waals surface area contributed by atoms with Crippen molar-refractivity contribution in [1.82, 2.24) is 14.9 Å². The van der Waals surface area contributed by atoms with E-state index in [9.17, 15) is 9.18 Å². The molecule has 1 amide bonds. The molecular weight excluding hydrogens is 365 g/mol. The topological polar surface area (TPSA) is 85.8 Å². The first-order chi connectivity index (χ1) is 12.1. The fourth-order valence-corrected chi connectivity index (χ4v) is 2.92. The van der Waals surface area contributed by atoms with E-state index in [-0.39, 0.29) is 23.0 Å². The number of nitrogen functional groups attached to an aromatic ring is 1. The van der Waals surface area contributed by atoms with Gasteiger partial charge in [0.15, 0.2) is 5.82 Å². The van der Waals surface area contributed by atoms with Gasteiger partial charge in [-0.05, 0) is 24.3 Å². The molecule has 3 rings (SSSR count). The van der Waals surface area contributed by atoms with Gasteiger partial charge in [-0.2, -0.15) is 0 Å². The number of aromatic nitrogens is 3. The summed E-state index contributed by atoms with van der Waals surface area (Å²) in [6.07, 6.45) is 0. The zero-order chi connectivity index (χ0) is 17.8. The zero-order valence-electron chi connectivity index (χ0n) is 12.8. The van der Waals surface area contributed by atoms with Gasteiger partial charge in [0.1, 0.15) is 5.82 Å². The zero-order valence-corrected chi connectivity index (χ0v) is 14.4. The lowest BCUT2D eigenvalue weighted by atomic mass is 10.2. The lowest BCUT2D eigenvalue weighted by Crippen LogP contribution is -2.16. The van der Waals surface area contributed by atoms with Crippen LogP contribution in [0.25, 0.3) is 11.4 Å². The highest BCUT2D eigenvalue weighted by atomic mass is 35.5. The van der Waals surface area contributed by atoms with E-state index in [0.717, 1.165) is 16.4 Å². The number of nitrogens with one attached hydrogen (secondary N) is 1. The van der Waals surface area contributed by atoms with Crippen LogP contribution in [0.2, 0.25) is 5.02 Å². The Labute approximate surface area is 152 Å². The largest absolute Gasteiger partial charge is 0.335 e. The Bertz CT molecular complexity index is 917. The lowest BCUT2D eigenvalue weighted by molar-refractivity contribution is -0.113. The Morgan fingerprint density at radius 2 is 1.92 bits per heavy atom. The van der Waals surface area contributed by atoms with Gasteiger partial charge in [-0.25, -0.2) is 9.07 Å². The maximum atomic E-state index is 13.8. The first-order valence-electron chi connectivity index (χ1n) is 7.19. The SMILES string of the molecule is Nn1c(SCC(=O)Nc2ccccc2Cl)nnc1-c1ccccc1F. The Kier molecular flexibility index (Phi) is 5.20. The number of thioether (sulfide) groups is 1. The average molecular weight is 378 g/mol. The van der Waals surface area contributed by atoms with E-state index in [0.29, 0.717) is 15.9 Å². The summed E-state index contributed by atoms with van der Waals surface area (Å²) in [5.41, 5.74) is 0.765. The number of para-hydroxylation sites is 1. The number of amides is 1. The molecule has 0 fully saturated rings. The molecule has 0 aliphatic heterocycles. The van der Waals surface area contributed by atoms with Crippen LogP contribution in [0.1, 0.15) is 0 Å². The molecule has 9 heteroatoms. The van der Waals surface area contributed by atoms with Gasteiger partial charge in [0.05, 0.1) is 22.0 Å². The smallest absolute Gasteiger partial charge is 0.234 e. The van der Waals surface area contributed by atoms with Crippen molar-refractivity contribution in [3.8, 4) is 11.4 Å². The number of anilines is 1. The van der Waals surface area contributed by atoms with Gasteiger partial charge in [-0.1, -0.05) is 47.6 Å². The van der Waals surface area contributed by atoms with Crippen molar-refractivity contribution < 1.29 is 9.18 Å². The number of hydrogen-bond donors (Lipinski definition) is 2. The number of nitrogens with zero attached hydrogens (tertiary/aromatic N) is 3. The molecule has 2 aromatic carbocycles. The summed E-state index contributed by atoms with van der Waals surface area (Å²) in [6.45, 7) is 0. The summed E-state index contributed by atoms with van der Waals surface area (Å²) in [6, 6.07) is 13.0. The number of nitrogens with two attached hydrogens (primary N) is 1. The fraction of sp³-hybridized carbons (Fsp3) is 0.0625. The van der Waals surface area contributed by atoms with Crippen LogP contribution < -0.4 is 11.2 Å². The molecule has 0 bridgehead atoms. The Balaban J connectivity index is 1.67. The highest BCUT2D eigenvalue weighted by Crippen LogP contribution is 2.24. The monoisotopic (exact) mass is 377 g/mol. The maximum absolute atomic E-state index is 13.8. The number of halogens is 2. The van der Waals surface area contributed by atoms with E-state index in [2.05, 4.69) is 15.5 Å². The molecule has 0 atom stereocenters. The first-order valence-corrected chi connectivity index (χ1v) is 8.55. The summed E-state index contributed by atoms with van der Waals surface area (Å²) in [5, 5.41) is 11.3. The molecular formula is C16H13ClFN5OS. The van der Waals surface area contributed by atoms with Gasteiger partial charge in [0, 0.05) is 0 Å². The van der Waals surface area contributed by atoms with Gasteiger partial charge in [0.2, 0.25) is 11.1 Å². The average Bonchev–Trinajstić information content (AvgIpc) is 2.96. The van der Waals surface area contributed by atoms with Crippen LogP contribution in [0.3, 0.4) is 0 Å². The van der Waals surface area contributed by atoms with Crippen molar-refractivity contribution in [2.24, 2.45) is 0 Å². The van der Waals surface area contributed by atoms with Crippen molar-refractivity contribution in [2.75, 3.05) is 16.9 Å². The molecule has 0 unspecified atom stereocenters. The summed E-state index contributed by atoms with van der Waals surface area (Å²) in [4.78, 5) is 12.0. The Hall–Kier alpha value is -2.58. The highest BCUT2D eigenvalue weighted by Gasteiger charge is 2.16. The standard InChI is InChI=1S/C16H13ClFN5OS/c17-11-6-2-4-8-13(11)20-14(24)9-25-16-22-21-15(23(16)19)10-5-1-3-7-12(10)18/h1-8H,9,19H2,(H,20,24). The van der Waals surface area contributed by atoms with E-state index in [4.69, 9.17) is 17.4 Å². The van der Waals surface area contributed by atoms with E-state index < -0.39 is 5.82 Å². The summed E-state index contributed by atoms with van der Waals surface area (Å²) < 4.78 is 15.0. The van der Waals surface area contributed by atoms with Crippen LogP contribution in [-0.4, -0.2) is 26.5 Å². The first kappa shape index (κ1) is 17.2. The van der Waals surface area contributed by atoms with Gasteiger partial charge in [0.25, 0.3) is 0 Å². The summed E-state index contributed by atoms with van der Waals surface area (Å²) >= 11 is 7.08. The highest BCUT2D eigenvalue weighted by molar-refractivity contribution is 7.99. The van der Waals surface area contributed by atoms with Crippen LogP contribution in [0.4, 0.5) is 10.1 Å². The summed E-state index contributed by atoms with van der Waals surface area (Å²) in [5.74, 6) is 5.44. The van der Waals surface area contributed by atoms with Crippen LogP contribution in [-0.2, 0) is 4.79 Å². The maximum Gasteiger partial charge on any atom is 0.234 e. The van der Waals surface area contributed by atoms with Crippen LogP contribution >= 0.6 is 23.4 Å². The van der Waals surface area contributed by atoms with Crippen molar-refractivity contribution in [1.29, 1.82) is 0 Å². The van der Waals surface area contributed by atoms with Gasteiger partial charge in [-0.3, -0.25) is 4.79 Å². The molecule has 6 nitrogen and oxygen atoms in total. The second-order valence-corrected chi connectivity index (χ2v) is 6.32. The predicted octanol–water partition coefficient (Wildman–Crippen LogP) is 3.18. The minimum absolute atomic E-state index is 0.0534. The molecule has 0 aliphatic rings. The normalized spacial score (nSPS) is 10.6. The molecule has 0 radical (unpaired) electrons. The fourth-order valence-electron chi connectivity index (χ4n) is 2.08. The van der Waals surface area contributed by atoms with Crippen molar-refractivity contribution in [3.63, 3.8) is 0 Å². The van der Waals surface area contributed by atoms with Gasteiger partial charge in [-0.15, -0.1) is 10.2 Å². The lowest BCUT2D eigenvalue weighted by Gasteiger charge is -2.07. The molecule has 3 N–H and O–H groups in total. The third-order valence-electron chi connectivity index (χ3n) is 3.26. The molecule has 0 spiro atoms. The molecule has 1 heterocycles. The quantitative estimate of drug-likeness (QED) is 0.527. The molecule has 128 valence electrons. The van der Waals surface area contributed by atoms with Crippen LogP contribution in [0.15, 0.2) is 53.7 Å². The Morgan fingerprint density at radius 1 is 1.20 bits per heavy atom. The van der Waals surface area contributed by atoms with Crippen molar-refractivity contribution in [2.45, 2.75) is 5.16 Å². The minimum Gasteiger partial charge on any atom is -0.335 e. The molecule has 0 saturated heterocycles. The predicted molar refractivity (Wildman–Crippen MR) is 96.4 cm³/mol. The number of rotatable bonds is 5. The van der Waals surface area contributed by atoms with E-state index in [1.807, 2.05) is 0 Å². The minimum atomic E-state index is -0.449. The van der Waals surface area contributed by atoms with E-state index >= 15 is 0 Å². The van der Waals surface area contributed by atoms with E-state index in [1.165, 1.54) is 6.07 Å². The summed E-state index contributed by atoms with van der Waals surface area (Å²) in [7, 11) is 0. The number of benzene rings is 2. The van der Waals surface area contributed by atoms with Crippen LogP contribution in [0, 0.1) is 5.82 Å². The third kappa shape index (κ3) is 3.92. The number of hydrogen-bond acceptors (Lipinski definition) is 5. The molecule has 25 heavy (non-hydrogen) atoms. The van der Waals surface area contributed by atoms with Crippen molar-refractivity contribution in [3.05, 3.63) is 59.4 Å². The Morgan fingerprint density at radius 3 is 2.68 bits per heavy atom. The second-order valence-electron chi connectivity index (χ2n) is 4.97. The van der Waals surface area contributed by atoms with Gasteiger partial charge >= 0.3 is 0 Å². The number of carbonyl (C=O) groups is 1. The second kappa shape index (κ2) is 7.54. The molecule has 0 aliphatic carbocycles. The van der Waals surface area contributed by atoms with Gasteiger partial charge < -0.3 is 11.2 Å². The number of carbonyl (C=O) groups excluding carboxylic acids is 1. The van der Waals surface area contributed by atoms with E-state index in [1.54, 1.807) is 42.5 Å². The third-order valence-corrected chi connectivity index (χ3v) is 4.53. The molecule has 3 aromatic rings. The molecule has 1 aromatic heterocycles. The van der Waals surface area contributed by atoms with Crippen molar-refractivity contribution >= 4 is 35.0 Å².